The molecule has 0 unspecified atom stereocenters. The zero-order valence-electron chi connectivity index (χ0n) is 13.9. The molecule has 1 aromatic carbocycles. The molecule has 134 valence electrons. The summed E-state index contributed by atoms with van der Waals surface area (Å²) in [4.78, 5) is 4.56. The van der Waals surface area contributed by atoms with E-state index in [4.69, 9.17) is 0 Å². The van der Waals surface area contributed by atoms with Gasteiger partial charge in [0.05, 0.1) is 17.0 Å². The third kappa shape index (κ3) is 5.03. The molecule has 0 spiro atoms. The molecule has 1 aliphatic rings. The number of hydrogen-bond acceptors (Lipinski definition) is 3. The molecule has 6 heteroatoms. The number of pyridine rings is 1. The predicted molar refractivity (Wildman–Crippen MR) is 92.0 cm³/mol. The average Bonchev–Trinajstić information content (AvgIpc) is 2.62. The van der Waals surface area contributed by atoms with Crippen molar-refractivity contribution in [3.8, 4) is 11.3 Å². The van der Waals surface area contributed by atoms with Gasteiger partial charge in [-0.3, -0.25) is 4.98 Å². The summed E-state index contributed by atoms with van der Waals surface area (Å²) >= 11 is 0. The molecule has 0 radical (unpaired) electrons. The third-order valence-electron chi connectivity index (χ3n) is 4.51. The van der Waals surface area contributed by atoms with Crippen LogP contribution in [0.2, 0.25) is 0 Å². The molecule has 2 N–H and O–H groups in total. The van der Waals surface area contributed by atoms with Gasteiger partial charge in [0.25, 0.3) is 0 Å². The Morgan fingerprint density at radius 2 is 1.76 bits per heavy atom. The maximum Gasteiger partial charge on any atom is 0.416 e. The molecule has 1 fully saturated rings. The van der Waals surface area contributed by atoms with Gasteiger partial charge in [-0.15, -0.1) is 0 Å². The van der Waals surface area contributed by atoms with E-state index in [-0.39, 0.29) is 0 Å². The van der Waals surface area contributed by atoms with Crippen LogP contribution in [0.3, 0.4) is 0 Å². The lowest BCUT2D eigenvalue weighted by molar-refractivity contribution is -0.137. The molecular formula is C19H22F3N3. The number of hydrogen-bond donors (Lipinski definition) is 2. The Morgan fingerprint density at radius 1 is 1.04 bits per heavy atom. The van der Waals surface area contributed by atoms with Gasteiger partial charge in [-0.05, 0) is 62.7 Å². The maximum absolute atomic E-state index is 12.7. The fourth-order valence-electron chi connectivity index (χ4n) is 3.06. The Balaban J connectivity index is 1.61. The predicted octanol–water partition coefficient (Wildman–Crippen LogP) is 3.86. The summed E-state index contributed by atoms with van der Waals surface area (Å²) < 4.78 is 38.0. The molecule has 0 aliphatic carbocycles. The van der Waals surface area contributed by atoms with Gasteiger partial charge in [0, 0.05) is 12.1 Å². The van der Waals surface area contributed by atoms with E-state index >= 15 is 0 Å². The first-order valence-electron chi connectivity index (χ1n) is 8.57. The van der Waals surface area contributed by atoms with Crippen molar-refractivity contribution in [3.63, 3.8) is 0 Å². The topological polar surface area (TPSA) is 37.0 Å². The molecule has 2 heterocycles. The summed E-state index contributed by atoms with van der Waals surface area (Å²) in [5.74, 6) is 0.694. The highest BCUT2D eigenvalue weighted by Crippen LogP contribution is 2.30. The van der Waals surface area contributed by atoms with Gasteiger partial charge in [0.15, 0.2) is 0 Å². The number of nitrogens with zero attached hydrogens (tertiary/aromatic N) is 1. The highest BCUT2D eigenvalue weighted by molar-refractivity contribution is 5.59. The van der Waals surface area contributed by atoms with Crippen molar-refractivity contribution < 1.29 is 13.2 Å². The van der Waals surface area contributed by atoms with Gasteiger partial charge < -0.3 is 10.6 Å². The summed E-state index contributed by atoms with van der Waals surface area (Å²) in [5.41, 5.74) is 1.63. The Morgan fingerprint density at radius 3 is 2.44 bits per heavy atom. The molecule has 0 amide bonds. The molecule has 1 saturated heterocycles. The zero-order chi connectivity index (χ0) is 17.7. The largest absolute Gasteiger partial charge is 0.416 e. The second-order valence-corrected chi connectivity index (χ2v) is 6.41. The standard InChI is InChI=1S/C19H22F3N3/c20-19(21,22)16-6-4-15(5-7-16)18-3-1-2-17(25-18)13-24-12-14-8-10-23-11-9-14/h1-7,14,23-24H,8-13H2. The summed E-state index contributed by atoms with van der Waals surface area (Å²) in [6.45, 7) is 3.79. The minimum atomic E-state index is -4.31. The molecule has 1 aliphatic heterocycles. The van der Waals surface area contributed by atoms with Crippen molar-refractivity contribution in [2.24, 2.45) is 5.92 Å². The molecule has 2 aromatic rings. The van der Waals surface area contributed by atoms with Crippen LogP contribution in [0.4, 0.5) is 13.2 Å². The lowest BCUT2D eigenvalue weighted by atomic mass is 9.98. The number of piperidine rings is 1. The number of nitrogens with one attached hydrogen (secondary N) is 2. The average molecular weight is 349 g/mol. The number of rotatable bonds is 5. The highest BCUT2D eigenvalue weighted by atomic mass is 19.4. The summed E-state index contributed by atoms with van der Waals surface area (Å²) in [6, 6.07) is 10.8. The fraction of sp³-hybridized carbons (Fsp3) is 0.421. The van der Waals surface area contributed by atoms with Gasteiger partial charge in [0.2, 0.25) is 0 Å². The summed E-state index contributed by atoms with van der Waals surface area (Å²) in [6.07, 6.45) is -1.94. The van der Waals surface area contributed by atoms with E-state index in [1.165, 1.54) is 25.0 Å². The van der Waals surface area contributed by atoms with Crippen LogP contribution in [0.1, 0.15) is 24.1 Å². The van der Waals surface area contributed by atoms with Crippen LogP contribution in [0.5, 0.6) is 0 Å². The smallest absolute Gasteiger partial charge is 0.317 e. The lowest BCUT2D eigenvalue weighted by Crippen LogP contribution is -2.33. The molecule has 0 bridgehead atoms. The van der Waals surface area contributed by atoms with Crippen LogP contribution in [-0.2, 0) is 12.7 Å². The third-order valence-corrected chi connectivity index (χ3v) is 4.51. The van der Waals surface area contributed by atoms with Crippen molar-refractivity contribution in [2.45, 2.75) is 25.6 Å². The minimum absolute atomic E-state index is 0.643. The van der Waals surface area contributed by atoms with Crippen molar-refractivity contribution in [1.29, 1.82) is 0 Å². The quantitative estimate of drug-likeness (QED) is 0.861. The lowest BCUT2D eigenvalue weighted by Gasteiger charge is -2.22. The normalized spacial score (nSPS) is 16.1. The Kier molecular flexibility index (Phi) is 5.71. The number of alkyl halides is 3. The Hall–Kier alpha value is -1.92. The maximum atomic E-state index is 12.7. The molecule has 0 atom stereocenters. The second kappa shape index (κ2) is 7.97. The van der Waals surface area contributed by atoms with Crippen molar-refractivity contribution >= 4 is 0 Å². The molecule has 3 rings (SSSR count). The van der Waals surface area contributed by atoms with Crippen LogP contribution < -0.4 is 10.6 Å². The van der Waals surface area contributed by atoms with Gasteiger partial charge in [-0.1, -0.05) is 18.2 Å². The van der Waals surface area contributed by atoms with Crippen LogP contribution in [0, 0.1) is 5.92 Å². The minimum Gasteiger partial charge on any atom is -0.317 e. The van der Waals surface area contributed by atoms with E-state index in [9.17, 15) is 13.2 Å². The molecule has 3 nitrogen and oxygen atoms in total. The molecule has 0 saturated carbocycles. The summed E-state index contributed by atoms with van der Waals surface area (Å²) in [5, 5.41) is 6.79. The van der Waals surface area contributed by atoms with Gasteiger partial charge in [-0.25, -0.2) is 0 Å². The molecular weight excluding hydrogens is 327 g/mol. The molecule has 1 aromatic heterocycles. The number of halogens is 3. The van der Waals surface area contributed by atoms with E-state index in [0.29, 0.717) is 23.7 Å². The number of benzene rings is 1. The fourth-order valence-corrected chi connectivity index (χ4v) is 3.06. The molecule has 25 heavy (non-hydrogen) atoms. The second-order valence-electron chi connectivity index (χ2n) is 6.41. The Labute approximate surface area is 145 Å². The zero-order valence-corrected chi connectivity index (χ0v) is 13.9. The SMILES string of the molecule is FC(F)(F)c1ccc(-c2cccc(CNCC3CCNCC3)n2)cc1. The Bertz CT molecular complexity index is 677. The van der Waals surface area contributed by atoms with Crippen molar-refractivity contribution in [2.75, 3.05) is 19.6 Å². The van der Waals surface area contributed by atoms with E-state index in [2.05, 4.69) is 15.6 Å². The van der Waals surface area contributed by atoms with E-state index in [0.717, 1.165) is 37.5 Å². The van der Waals surface area contributed by atoms with E-state index in [1.54, 1.807) is 0 Å². The number of aromatic nitrogens is 1. The first kappa shape index (κ1) is 17.9. The van der Waals surface area contributed by atoms with Gasteiger partial charge in [0.1, 0.15) is 0 Å². The van der Waals surface area contributed by atoms with Crippen LogP contribution >= 0.6 is 0 Å². The van der Waals surface area contributed by atoms with Gasteiger partial charge in [-0.2, -0.15) is 13.2 Å². The monoisotopic (exact) mass is 349 g/mol. The summed E-state index contributed by atoms with van der Waals surface area (Å²) in [7, 11) is 0. The van der Waals surface area contributed by atoms with Crippen LogP contribution in [0.25, 0.3) is 11.3 Å². The van der Waals surface area contributed by atoms with Crippen LogP contribution in [-0.4, -0.2) is 24.6 Å². The van der Waals surface area contributed by atoms with E-state index < -0.39 is 11.7 Å². The highest BCUT2D eigenvalue weighted by Gasteiger charge is 2.30. The van der Waals surface area contributed by atoms with E-state index in [1.807, 2.05) is 18.2 Å². The van der Waals surface area contributed by atoms with Crippen molar-refractivity contribution in [1.82, 2.24) is 15.6 Å². The first-order chi connectivity index (χ1) is 12.0. The van der Waals surface area contributed by atoms with Crippen molar-refractivity contribution in [3.05, 3.63) is 53.7 Å². The van der Waals surface area contributed by atoms with Gasteiger partial charge >= 0.3 is 6.18 Å². The van der Waals surface area contributed by atoms with Crippen LogP contribution in [0.15, 0.2) is 42.5 Å². The first-order valence-corrected chi connectivity index (χ1v) is 8.57.